The maximum atomic E-state index is 11.5. The molecule has 2 aliphatic rings. The van der Waals surface area contributed by atoms with Crippen molar-refractivity contribution in [2.45, 2.75) is 36.5 Å². The number of primary sulfonamides is 1. The van der Waals surface area contributed by atoms with Gasteiger partial charge in [0.1, 0.15) is 5.75 Å². The van der Waals surface area contributed by atoms with E-state index in [0.717, 1.165) is 11.3 Å². The maximum Gasteiger partial charge on any atom is 0.238 e. The second kappa shape index (κ2) is 4.49. The Labute approximate surface area is 114 Å². The summed E-state index contributed by atoms with van der Waals surface area (Å²) in [6.07, 6.45) is 5.07. The van der Waals surface area contributed by atoms with Gasteiger partial charge in [-0.3, -0.25) is 0 Å². The summed E-state index contributed by atoms with van der Waals surface area (Å²) in [4.78, 5) is 0.187. The Morgan fingerprint density at radius 2 is 1.84 bits per heavy atom. The Kier molecular flexibility index (Phi) is 3.06. The number of hydrogen-bond acceptors (Lipinski definition) is 3. The van der Waals surface area contributed by atoms with Gasteiger partial charge in [-0.15, -0.1) is 0 Å². The van der Waals surface area contributed by atoms with E-state index in [1.807, 2.05) is 0 Å². The zero-order valence-corrected chi connectivity index (χ0v) is 11.8. The van der Waals surface area contributed by atoms with Crippen LogP contribution < -0.4 is 9.88 Å². The molecule has 0 saturated heterocycles. The largest absolute Gasteiger partial charge is 0.496 e. The second-order valence-electron chi connectivity index (χ2n) is 5.59. The van der Waals surface area contributed by atoms with Crippen molar-refractivity contribution in [3.63, 3.8) is 0 Å². The third-order valence-corrected chi connectivity index (χ3v) is 5.46. The summed E-state index contributed by atoms with van der Waals surface area (Å²) in [5.74, 6) is 2.66. The first-order valence-electron chi connectivity index (χ1n) is 6.73. The molecule has 2 fully saturated rings. The third-order valence-electron chi connectivity index (χ3n) is 4.55. The summed E-state index contributed by atoms with van der Waals surface area (Å²) in [6, 6.07) is 4.94. The molecule has 1 aromatic carbocycles. The molecule has 19 heavy (non-hydrogen) atoms. The molecule has 1 aromatic rings. The van der Waals surface area contributed by atoms with Crippen molar-refractivity contribution >= 4 is 10.0 Å². The van der Waals surface area contributed by atoms with Crippen LogP contribution in [0.2, 0.25) is 0 Å². The van der Waals surface area contributed by atoms with Crippen molar-refractivity contribution in [2.24, 2.45) is 17.0 Å². The molecule has 0 heterocycles. The van der Waals surface area contributed by atoms with Crippen LogP contribution in [0.3, 0.4) is 0 Å². The lowest BCUT2D eigenvalue weighted by molar-refractivity contribution is 0.408. The number of hydrogen-bond donors (Lipinski definition) is 1. The number of ether oxygens (including phenoxy) is 1. The van der Waals surface area contributed by atoms with Crippen LogP contribution in [0.1, 0.15) is 37.2 Å². The summed E-state index contributed by atoms with van der Waals surface area (Å²) >= 11 is 0. The summed E-state index contributed by atoms with van der Waals surface area (Å²) in [5.41, 5.74) is 1.02. The van der Waals surface area contributed by atoms with E-state index in [2.05, 4.69) is 0 Å². The molecule has 0 amide bonds. The minimum atomic E-state index is -3.64. The standard InChI is InChI=1S/C14H19NO3S/c1-18-13-7-6-9(19(15,16)17)8-12(13)14-10-4-2-3-5-11(10)14/h6-8,10-11,14H,2-5H2,1H3,(H2,15,16,17)/t10-,11+,14?. The molecule has 0 spiro atoms. The highest BCUT2D eigenvalue weighted by Crippen LogP contribution is 2.62. The van der Waals surface area contributed by atoms with Gasteiger partial charge in [0, 0.05) is 0 Å². The van der Waals surface area contributed by atoms with Crippen molar-refractivity contribution in [3.05, 3.63) is 23.8 Å². The molecule has 2 aliphatic carbocycles. The van der Waals surface area contributed by atoms with Crippen LogP contribution in [0, 0.1) is 11.8 Å². The number of nitrogens with two attached hydrogens (primary N) is 1. The van der Waals surface area contributed by atoms with Gasteiger partial charge in [0.25, 0.3) is 0 Å². The Bertz CT molecular complexity index is 585. The fraction of sp³-hybridized carbons (Fsp3) is 0.571. The van der Waals surface area contributed by atoms with Crippen molar-refractivity contribution in [1.29, 1.82) is 0 Å². The fourth-order valence-electron chi connectivity index (χ4n) is 3.60. The third kappa shape index (κ3) is 2.25. The molecule has 5 heteroatoms. The summed E-state index contributed by atoms with van der Waals surface area (Å²) in [7, 11) is -2.02. The van der Waals surface area contributed by atoms with Gasteiger partial charge >= 0.3 is 0 Å². The number of fused-ring (bicyclic) bond motifs is 1. The van der Waals surface area contributed by atoms with Gasteiger partial charge in [-0.05, 0) is 54.4 Å². The highest BCUT2D eigenvalue weighted by molar-refractivity contribution is 7.89. The molecule has 0 radical (unpaired) electrons. The van der Waals surface area contributed by atoms with Gasteiger partial charge in [0.05, 0.1) is 12.0 Å². The molecule has 0 aliphatic heterocycles. The van der Waals surface area contributed by atoms with Crippen LogP contribution >= 0.6 is 0 Å². The quantitative estimate of drug-likeness (QED) is 0.923. The molecule has 3 rings (SSSR count). The first-order valence-corrected chi connectivity index (χ1v) is 8.28. The average Bonchev–Trinajstić information content (AvgIpc) is 3.11. The van der Waals surface area contributed by atoms with E-state index in [0.29, 0.717) is 17.8 Å². The molecular formula is C14H19NO3S. The zero-order chi connectivity index (χ0) is 13.6. The van der Waals surface area contributed by atoms with Crippen molar-refractivity contribution in [3.8, 4) is 5.75 Å². The number of benzene rings is 1. The van der Waals surface area contributed by atoms with Gasteiger partial charge < -0.3 is 4.74 Å². The van der Waals surface area contributed by atoms with Gasteiger partial charge in [0.2, 0.25) is 10.0 Å². The predicted molar refractivity (Wildman–Crippen MR) is 72.6 cm³/mol. The first kappa shape index (κ1) is 12.9. The van der Waals surface area contributed by atoms with Crippen LogP contribution in [0.4, 0.5) is 0 Å². The Hall–Kier alpha value is -1.07. The molecule has 2 saturated carbocycles. The highest BCUT2D eigenvalue weighted by atomic mass is 32.2. The van der Waals surface area contributed by atoms with Crippen LogP contribution in [0.15, 0.2) is 23.1 Å². The number of rotatable bonds is 3. The Morgan fingerprint density at radius 3 is 2.37 bits per heavy atom. The van der Waals surface area contributed by atoms with E-state index in [-0.39, 0.29) is 4.90 Å². The molecule has 104 valence electrons. The highest BCUT2D eigenvalue weighted by Gasteiger charge is 2.52. The van der Waals surface area contributed by atoms with Crippen LogP contribution in [-0.4, -0.2) is 15.5 Å². The normalized spacial score (nSPS) is 29.7. The zero-order valence-electron chi connectivity index (χ0n) is 11.0. The first-order chi connectivity index (χ1) is 9.02. The number of methoxy groups -OCH3 is 1. The smallest absolute Gasteiger partial charge is 0.238 e. The van der Waals surface area contributed by atoms with Crippen molar-refractivity contribution in [1.82, 2.24) is 0 Å². The van der Waals surface area contributed by atoms with Gasteiger partial charge in [-0.2, -0.15) is 0 Å². The van der Waals surface area contributed by atoms with Crippen LogP contribution in [-0.2, 0) is 10.0 Å². The summed E-state index contributed by atoms with van der Waals surface area (Å²) in [5, 5.41) is 5.22. The number of sulfonamides is 1. The summed E-state index contributed by atoms with van der Waals surface area (Å²) < 4.78 is 28.3. The van der Waals surface area contributed by atoms with Crippen molar-refractivity contribution < 1.29 is 13.2 Å². The van der Waals surface area contributed by atoms with Gasteiger partial charge in [-0.1, -0.05) is 12.8 Å². The van der Waals surface area contributed by atoms with Crippen LogP contribution in [0.5, 0.6) is 5.75 Å². The van der Waals surface area contributed by atoms with E-state index in [9.17, 15) is 8.42 Å². The molecular weight excluding hydrogens is 262 g/mol. The maximum absolute atomic E-state index is 11.5. The SMILES string of the molecule is COc1ccc(S(N)(=O)=O)cc1C1[C@H]2CCCC[C@@H]12. The Balaban J connectivity index is 1.99. The van der Waals surface area contributed by atoms with E-state index in [1.54, 1.807) is 19.2 Å². The molecule has 1 unspecified atom stereocenters. The van der Waals surface area contributed by atoms with Crippen LogP contribution in [0.25, 0.3) is 0 Å². The lowest BCUT2D eigenvalue weighted by Crippen LogP contribution is -2.12. The minimum Gasteiger partial charge on any atom is -0.496 e. The van der Waals surface area contributed by atoms with Gasteiger partial charge in [-0.25, -0.2) is 13.6 Å². The average molecular weight is 281 g/mol. The second-order valence-corrected chi connectivity index (χ2v) is 7.15. The fourth-order valence-corrected chi connectivity index (χ4v) is 4.15. The predicted octanol–water partition coefficient (Wildman–Crippen LogP) is 2.25. The molecule has 0 bridgehead atoms. The summed E-state index contributed by atoms with van der Waals surface area (Å²) in [6.45, 7) is 0. The van der Waals surface area contributed by atoms with Crippen molar-refractivity contribution in [2.75, 3.05) is 7.11 Å². The molecule has 2 N–H and O–H groups in total. The Morgan fingerprint density at radius 1 is 1.21 bits per heavy atom. The molecule has 0 aromatic heterocycles. The lowest BCUT2D eigenvalue weighted by Gasteiger charge is -2.10. The monoisotopic (exact) mass is 281 g/mol. The molecule has 4 nitrogen and oxygen atoms in total. The van der Waals surface area contributed by atoms with E-state index in [1.165, 1.54) is 31.7 Å². The minimum absolute atomic E-state index is 0.187. The molecule has 3 atom stereocenters. The topological polar surface area (TPSA) is 69.4 Å². The van der Waals surface area contributed by atoms with Gasteiger partial charge in [0.15, 0.2) is 0 Å². The lowest BCUT2D eigenvalue weighted by atomic mass is 10.0. The van der Waals surface area contributed by atoms with E-state index < -0.39 is 10.0 Å². The van der Waals surface area contributed by atoms with E-state index in [4.69, 9.17) is 9.88 Å². The van der Waals surface area contributed by atoms with E-state index >= 15 is 0 Å².